The first-order valence-electron chi connectivity index (χ1n) is 8.27. The monoisotopic (exact) mass is 332 g/mol. The van der Waals surface area contributed by atoms with Crippen molar-refractivity contribution in [3.05, 3.63) is 70.5 Å². The average Bonchev–Trinajstić information content (AvgIpc) is 2.90. The number of carboxylic acid groups (broad SMARTS) is 1. The van der Waals surface area contributed by atoms with Crippen molar-refractivity contribution in [1.29, 1.82) is 0 Å². The second-order valence-corrected chi connectivity index (χ2v) is 6.42. The number of rotatable bonds is 3. The van der Waals surface area contributed by atoms with Crippen LogP contribution in [0.1, 0.15) is 34.9 Å². The van der Waals surface area contributed by atoms with Gasteiger partial charge in [-0.2, -0.15) is 0 Å². The molecule has 0 aliphatic carbocycles. The largest absolute Gasteiger partial charge is 0.481 e. The van der Waals surface area contributed by atoms with E-state index < -0.39 is 11.9 Å². The second kappa shape index (κ2) is 6.86. The summed E-state index contributed by atoms with van der Waals surface area (Å²) in [5.74, 6) is 5.79. The van der Waals surface area contributed by atoms with Crippen molar-refractivity contribution in [3.63, 3.8) is 0 Å². The topological polar surface area (TPSA) is 50.4 Å². The molecule has 0 amide bonds. The van der Waals surface area contributed by atoms with Gasteiger partial charge in [0, 0.05) is 22.9 Å². The third kappa shape index (κ3) is 3.75. The predicted molar refractivity (Wildman–Crippen MR) is 98.6 cm³/mol. The van der Waals surface area contributed by atoms with E-state index in [1.807, 2.05) is 49.4 Å². The summed E-state index contributed by atoms with van der Waals surface area (Å²) in [7, 11) is 0. The highest BCUT2D eigenvalue weighted by Gasteiger charge is 2.17. The molecule has 0 saturated heterocycles. The fourth-order valence-electron chi connectivity index (χ4n) is 2.69. The fraction of sp³-hybridized carbons (Fsp3) is 0.227. The number of fused-ring (bicyclic) bond motifs is 1. The van der Waals surface area contributed by atoms with E-state index in [0.717, 1.165) is 33.4 Å². The van der Waals surface area contributed by atoms with E-state index in [4.69, 9.17) is 9.52 Å². The van der Waals surface area contributed by atoms with Gasteiger partial charge in [0.2, 0.25) is 0 Å². The molecule has 0 fully saturated rings. The van der Waals surface area contributed by atoms with Crippen molar-refractivity contribution in [1.82, 2.24) is 0 Å². The van der Waals surface area contributed by atoms with Crippen molar-refractivity contribution >= 4 is 16.9 Å². The van der Waals surface area contributed by atoms with E-state index in [1.54, 1.807) is 6.92 Å². The Hall–Kier alpha value is -2.99. The summed E-state index contributed by atoms with van der Waals surface area (Å²) >= 11 is 0. The quantitative estimate of drug-likeness (QED) is 0.707. The summed E-state index contributed by atoms with van der Waals surface area (Å²) in [6.45, 7) is 5.70. The zero-order chi connectivity index (χ0) is 18.0. The van der Waals surface area contributed by atoms with Crippen LogP contribution in [0.15, 0.2) is 46.9 Å². The minimum atomic E-state index is -0.815. The van der Waals surface area contributed by atoms with Gasteiger partial charge in [0.05, 0.1) is 5.92 Å². The lowest BCUT2D eigenvalue weighted by Gasteiger charge is -2.03. The van der Waals surface area contributed by atoms with Gasteiger partial charge >= 0.3 is 5.97 Å². The summed E-state index contributed by atoms with van der Waals surface area (Å²) in [5.41, 5.74) is 4.86. The molecule has 126 valence electrons. The van der Waals surface area contributed by atoms with E-state index in [1.165, 1.54) is 5.56 Å². The van der Waals surface area contributed by atoms with E-state index in [9.17, 15) is 4.79 Å². The Morgan fingerprint density at radius 3 is 2.40 bits per heavy atom. The number of hydrogen-bond donors (Lipinski definition) is 1. The Kier molecular flexibility index (Phi) is 4.63. The van der Waals surface area contributed by atoms with Crippen LogP contribution in [0.2, 0.25) is 0 Å². The molecule has 0 aliphatic heterocycles. The Balaban J connectivity index is 1.91. The molecule has 1 heterocycles. The lowest BCUT2D eigenvalue weighted by Crippen LogP contribution is -2.12. The lowest BCUT2D eigenvalue weighted by atomic mass is 10.0. The maximum absolute atomic E-state index is 11.1. The first kappa shape index (κ1) is 16.9. The summed E-state index contributed by atoms with van der Waals surface area (Å²) in [6, 6.07) is 13.9. The number of aryl methyl sites for hydroxylation is 2. The van der Waals surface area contributed by atoms with Gasteiger partial charge in [0.25, 0.3) is 0 Å². The van der Waals surface area contributed by atoms with E-state index in [2.05, 4.69) is 18.8 Å². The SMILES string of the molecule is Cc1ccc(C#Cc2ccc3oc(CC(C)C(=O)O)c(C)c3c2)cc1. The van der Waals surface area contributed by atoms with Crippen molar-refractivity contribution in [2.45, 2.75) is 27.2 Å². The number of aliphatic carboxylic acids is 1. The molecule has 3 nitrogen and oxygen atoms in total. The highest BCUT2D eigenvalue weighted by Crippen LogP contribution is 2.28. The molecule has 0 bridgehead atoms. The molecule has 3 rings (SSSR count). The van der Waals surface area contributed by atoms with Gasteiger partial charge in [-0.1, -0.05) is 36.5 Å². The van der Waals surface area contributed by atoms with Crippen molar-refractivity contribution in [2.75, 3.05) is 0 Å². The van der Waals surface area contributed by atoms with Gasteiger partial charge < -0.3 is 9.52 Å². The molecule has 1 N–H and O–H groups in total. The van der Waals surface area contributed by atoms with Crippen LogP contribution in [0.4, 0.5) is 0 Å². The third-order valence-electron chi connectivity index (χ3n) is 4.35. The second-order valence-electron chi connectivity index (χ2n) is 6.42. The number of carboxylic acids is 1. The zero-order valence-electron chi connectivity index (χ0n) is 14.6. The molecule has 1 atom stereocenters. The standard InChI is InChI=1S/C22H20O3/c1-14-4-6-17(7-5-14)8-9-18-10-11-20-19(13-18)16(3)21(25-20)12-15(2)22(23)24/h4-7,10-11,13,15H,12H2,1-3H3,(H,23,24). The van der Waals surface area contributed by atoms with Crippen LogP contribution in [0.5, 0.6) is 0 Å². The molecule has 2 aromatic carbocycles. The van der Waals surface area contributed by atoms with E-state index in [-0.39, 0.29) is 0 Å². The Labute approximate surface area is 147 Å². The van der Waals surface area contributed by atoms with Crippen molar-refractivity contribution in [2.24, 2.45) is 5.92 Å². The maximum Gasteiger partial charge on any atom is 0.306 e. The van der Waals surface area contributed by atoms with Crippen molar-refractivity contribution in [3.8, 4) is 11.8 Å². The molecule has 3 heteroatoms. The summed E-state index contributed by atoms with van der Waals surface area (Å²) in [4.78, 5) is 11.1. The lowest BCUT2D eigenvalue weighted by molar-refractivity contribution is -0.141. The van der Waals surface area contributed by atoms with Crippen LogP contribution in [-0.2, 0) is 11.2 Å². The van der Waals surface area contributed by atoms with Crippen LogP contribution in [-0.4, -0.2) is 11.1 Å². The van der Waals surface area contributed by atoms with Gasteiger partial charge in [0.1, 0.15) is 11.3 Å². The normalized spacial score (nSPS) is 11.8. The molecule has 3 aromatic rings. The van der Waals surface area contributed by atoms with Gasteiger partial charge in [-0.3, -0.25) is 4.79 Å². The minimum Gasteiger partial charge on any atom is -0.481 e. The van der Waals surface area contributed by atoms with E-state index >= 15 is 0 Å². The molecule has 1 aromatic heterocycles. The van der Waals surface area contributed by atoms with Gasteiger partial charge in [-0.25, -0.2) is 0 Å². The number of benzene rings is 2. The Morgan fingerprint density at radius 2 is 1.72 bits per heavy atom. The van der Waals surface area contributed by atoms with Crippen LogP contribution in [0.25, 0.3) is 11.0 Å². The number of furan rings is 1. The maximum atomic E-state index is 11.1. The van der Waals surface area contributed by atoms with Crippen LogP contribution >= 0.6 is 0 Å². The molecule has 0 spiro atoms. The van der Waals surface area contributed by atoms with Gasteiger partial charge in [-0.05, 0) is 49.7 Å². The molecule has 25 heavy (non-hydrogen) atoms. The summed E-state index contributed by atoms with van der Waals surface area (Å²) < 4.78 is 5.84. The summed E-state index contributed by atoms with van der Waals surface area (Å²) in [6.07, 6.45) is 0.389. The third-order valence-corrected chi connectivity index (χ3v) is 4.35. The van der Waals surface area contributed by atoms with Crippen LogP contribution in [0.3, 0.4) is 0 Å². The number of hydrogen-bond acceptors (Lipinski definition) is 2. The average molecular weight is 332 g/mol. The Morgan fingerprint density at radius 1 is 1.08 bits per heavy atom. The molecule has 0 saturated carbocycles. The Bertz CT molecular complexity index is 982. The highest BCUT2D eigenvalue weighted by molar-refractivity contribution is 5.84. The van der Waals surface area contributed by atoms with Gasteiger partial charge in [0.15, 0.2) is 0 Å². The first-order valence-corrected chi connectivity index (χ1v) is 8.27. The zero-order valence-corrected chi connectivity index (χ0v) is 14.6. The van der Waals surface area contributed by atoms with Crippen LogP contribution < -0.4 is 0 Å². The first-order chi connectivity index (χ1) is 11.9. The molecular weight excluding hydrogens is 312 g/mol. The highest BCUT2D eigenvalue weighted by atomic mass is 16.4. The van der Waals surface area contributed by atoms with Gasteiger partial charge in [-0.15, -0.1) is 0 Å². The van der Waals surface area contributed by atoms with Crippen LogP contribution in [0, 0.1) is 31.6 Å². The molecule has 0 aliphatic rings. The minimum absolute atomic E-state index is 0.389. The van der Waals surface area contributed by atoms with E-state index in [0.29, 0.717) is 6.42 Å². The van der Waals surface area contributed by atoms with Crippen molar-refractivity contribution < 1.29 is 14.3 Å². The smallest absolute Gasteiger partial charge is 0.306 e. The molecule has 1 unspecified atom stereocenters. The fourth-order valence-corrected chi connectivity index (χ4v) is 2.69. The predicted octanol–water partition coefficient (Wildman–Crippen LogP) is 4.71. The molecular formula is C22H20O3. The molecule has 0 radical (unpaired) electrons. The summed E-state index contributed by atoms with van der Waals surface area (Å²) in [5, 5.41) is 10.1. The number of carbonyl (C=O) groups is 1.